The maximum atomic E-state index is 11.9. The third-order valence-electron chi connectivity index (χ3n) is 2.86. The highest BCUT2D eigenvalue weighted by molar-refractivity contribution is 6.04. The largest absolute Gasteiger partial charge is 0.465 e. The molecule has 0 spiro atoms. The topological polar surface area (TPSA) is 69.7 Å². The van der Waals surface area contributed by atoms with Crippen LogP contribution in [0.2, 0.25) is 0 Å². The summed E-state index contributed by atoms with van der Waals surface area (Å²) < 4.78 is 9.83. The second-order valence-corrected chi connectivity index (χ2v) is 4.19. The zero-order valence-corrected chi connectivity index (χ0v) is 10.9. The van der Waals surface area contributed by atoms with Gasteiger partial charge in [0.05, 0.1) is 13.2 Å². The van der Waals surface area contributed by atoms with Crippen molar-refractivity contribution in [2.24, 2.45) is 11.3 Å². The molecule has 0 aliphatic heterocycles. The summed E-state index contributed by atoms with van der Waals surface area (Å²) in [5, 5.41) is 0. The summed E-state index contributed by atoms with van der Waals surface area (Å²) in [5.41, 5.74) is -1.24. The first-order valence-electron chi connectivity index (χ1n) is 6.02. The van der Waals surface area contributed by atoms with Crippen LogP contribution in [0.1, 0.15) is 27.2 Å². The van der Waals surface area contributed by atoms with Crippen molar-refractivity contribution in [1.82, 2.24) is 0 Å². The van der Waals surface area contributed by atoms with E-state index in [1.807, 2.05) is 0 Å². The van der Waals surface area contributed by atoms with E-state index in [9.17, 15) is 14.4 Å². The van der Waals surface area contributed by atoms with Crippen LogP contribution >= 0.6 is 0 Å². The molecule has 1 aliphatic carbocycles. The van der Waals surface area contributed by atoms with Crippen molar-refractivity contribution in [2.45, 2.75) is 27.2 Å². The first-order chi connectivity index (χ1) is 8.48. The van der Waals surface area contributed by atoms with Gasteiger partial charge in [-0.25, -0.2) is 0 Å². The molecule has 1 unspecified atom stereocenters. The molecule has 1 fully saturated rings. The Morgan fingerprint density at radius 2 is 1.67 bits per heavy atom. The normalized spacial score (nSPS) is 20.5. The average Bonchev–Trinajstić information content (AvgIpc) is 3.03. The highest BCUT2D eigenvalue weighted by atomic mass is 16.6. The van der Waals surface area contributed by atoms with Crippen LogP contribution in [-0.2, 0) is 23.9 Å². The van der Waals surface area contributed by atoms with E-state index >= 15 is 0 Å². The lowest BCUT2D eigenvalue weighted by molar-refractivity contribution is -0.164. The second kappa shape index (κ2) is 5.80. The Balaban J connectivity index is 2.83. The highest BCUT2D eigenvalue weighted by Gasteiger charge is 2.67. The van der Waals surface area contributed by atoms with Crippen molar-refractivity contribution in [3.05, 3.63) is 12.2 Å². The van der Waals surface area contributed by atoms with Crippen LogP contribution in [0.15, 0.2) is 12.2 Å². The third-order valence-corrected chi connectivity index (χ3v) is 2.86. The molecule has 0 radical (unpaired) electrons. The van der Waals surface area contributed by atoms with Crippen LogP contribution in [0.25, 0.3) is 0 Å². The highest BCUT2D eigenvalue weighted by Crippen LogP contribution is 2.55. The molecule has 0 aromatic heterocycles. The molecule has 1 rings (SSSR count). The number of carbonyl (C=O) groups excluding carboxylic acids is 3. The summed E-state index contributed by atoms with van der Waals surface area (Å²) >= 11 is 0. The third kappa shape index (κ3) is 2.78. The van der Waals surface area contributed by atoms with Gasteiger partial charge in [0.25, 0.3) is 0 Å². The van der Waals surface area contributed by atoms with E-state index in [1.54, 1.807) is 19.9 Å². The van der Waals surface area contributed by atoms with E-state index in [-0.39, 0.29) is 24.9 Å². The number of ether oxygens (including phenoxy) is 2. The number of rotatable bonds is 6. The number of ketones is 1. The Bertz CT molecular complexity index is 365. The summed E-state index contributed by atoms with van der Waals surface area (Å²) in [4.78, 5) is 34.6. The Morgan fingerprint density at radius 1 is 1.17 bits per heavy atom. The molecule has 1 saturated carbocycles. The molecule has 0 heterocycles. The minimum absolute atomic E-state index is 0.122. The molecule has 0 aromatic rings. The van der Waals surface area contributed by atoms with Gasteiger partial charge < -0.3 is 9.47 Å². The van der Waals surface area contributed by atoms with Crippen LogP contribution in [0, 0.1) is 11.3 Å². The lowest BCUT2D eigenvalue weighted by atomic mass is 10.0. The van der Waals surface area contributed by atoms with Crippen LogP contribution in [0.3, 0.4) is 0 Å². The van der Waals surface area contributed by atoms with Crippen LogP contribution in [-0.4, -0.2) is 30.9 Å². The standard InChI is InChI=1S/C13H18O5/c1-4-17-11(15)13(12(16)18-5-2)8-10(13)7-6-9(3)14/h6-7,10H,4-5,8H2,1-3H3. The second-order valence-electron chi connectivity index (χ2n) is 4.19. The van der Waals surface area contributed by atoms with Crippen molar-refractivity contribution >= 4 is 17.7 Å². The van der Waals surface area contributed by atoms with Crippen LogP contribution < -0.4 is 0 Å². The first kappa shape index (κ1) is 14.4. The van der Waals surface area contributed by atoms with Gasteiger partial charge in [0, 0.05) is 5.92 Å². The minimum Gasteiger partial charge on any atom is -0.465 e. The van der Waals surface area contributed by atoms with Crippen molar-refractivity contribution in [1.29, 1.82) is 0 Å². The molecule has 5 heteroatoms. The van der Waals surface area contributed by atoms with Crippen molar-refractivity contribution in [2.75, 3.05) is 13.2 Å². The van der Waals surface area contributed by atoms with Crippen LogP contribution in [0.4, 0.5) is 0 Å². The van der Waals surface area contributed by atoms with Gasteiger partial charge in [-0.1, -0.05) is 6.08 Å². The van der Waals surface area contributed by atoms with Gasteiger partial charge >= 0.3 is 11.9 Å². The number of carbonyl (C=O) groups is 3. The smallest absolute Gasteiger partial charge is 0.324 e. The monoisotopic (exact) mass is 254 g/mol. The van der Waals surface area contributed by atoms with E-state index in [4.69, 9.17) is 9.47 Å². The Hall–Kier alpha value is -1.65. The lowest BCUT2D eigenvalue weighted by Gasteiger charge is -2.13. The maximum Gasteiger partial charge on any atom is 0.324 e. The molecule has 18 heavy (non-hydrogen) atoms. The number of hydrogen-bond acceptors (Lipinski definition) is 5. The number of esters is 2. The fourth-order valence-corrected chi connectivity index (χ4v) is 1.84. The van der Waals surface area contributed by atoms with Gasteiger partial charge in [-0.2, -0.15) is 0 Å². The fourth-order valence-electron chi connectivity index (χ4n) is 1.84. The fraction of sp³-hybridized carbons (Fsp3) is 0.615. The summed E-state index contributed by atoms with van der Waals surface area (Å²) in [6.07, 6.45) is 3.29. The van der Waals surface area contributed by atoms with E-state index in [2.05, 4.69) is 0 Å². The zero-order chi connectivity index (χ0) is 13.8. The van der Waals surface area contributed by atoms with Crippen molar-refractivity contribution in [3.8, 4) is 0 Å². The summed E-state index contributed by atoms with van der Waals surface area (Å²) in [7, 11) is 0. The van der Waals surface area contributed by atoms with E-state index < -0.39 is 17.4 Å². The molecule has 0 aromatic carbocycles. The Labute approximate surface area is 106 Å². The van der Waals surface area contributed by atoms with Gasteiger partial charge in [0.1, 0.15) is 0 Å². The zero-order valence-electron chi connectivity index (χ0n) is 10.9. The molecule has 1 atom stereocenters. The van der Waals surface area contributed by atoms with Gasteiger partial charge in [-0.05, 0) is 33.3 Å². The predicted octanol–water partition coefficient (Wildman–Crippen LogP) is 1.26. The van der Waals surface area contributed by atoms with Gasteiger partial charge in [-0.15, -0.1) is 0 Å². The Morgan fingerprint density at radius 3 is 2.06 bits per heavy atom. The lowest BCUT2D eigenvalue weighted by Crippen LogP contribution is -2.31. The molecule has 0 bridgehead atoms. The van der Waals surface area contributed by atoms with E-state index in [1.165, 1.54) is 13.0 Å². The molecule has 0 amide bonds. The number of allylic oxidation sites excluding steroid dienone is 2. The number of hydrogen-bond donors (Lipinski definition) is 0. The summed E-state index contributed by atoms with van der Waals surface area (Å²) in [5.74, 6) is -1.56. The van der Waals surface area contributed by atoms with Crippen molar-refractivity contribution in [3.63, 3.8) is 0 Å². The summed E-state index contributed by atoms with van der Waals surface area (Å²) in [6, 6.07) is 0. The molecule has 0 N–H and O–H groups in total. The SMILES string of the molecule is CCOC(=O)C1(C(=O)OCC)CC1C=CC(C)=O. The maximum absolute atomic E-state index is 11.9. The molecule has 100 valence electrons. The first-order valence-corrected chi connectivity index (χ1v) is 6.02. The predicted molar refractivity (Wildman–Crippen MR) is 63.6 cm³/mol. The molecular formula is C13H18O5. The van der Waals surface area contributed by atoms with Gasteiger partial charge in [0.15, 0.2) is 11.2 Å². The molecular weight excluding hydrogens is 236 g/mol. The quantitative estimate of drug-likeness (QED) is 0.405. The van der Waals surface area contributed by atoms with E-state index in [0.29, 0.717) is 6.42 Å². The van der Waals surface area contributed by atoms with Gasteiger partial charge in [-0.3, -0.25) is 14.4 Å². The summed E-state index contributed by atoms with van der Waals surface area (Å²) in [6.45, 7) is 5.20. The molecule has 1 aliphatic rings. The van der Waals surface area contributed by atoms with E-state index in [0.717, 1.165) is 0 Å². The van der Waals surface area contributed by atoms with Crippen molar-refractivity contribution < 1.29 is 23.9 Å². The Kier molecular flexibility index (Phi) is 4.64. The minimum atomic E-state index is -1.24. The average molecular weight is 254 g/mol. The van der Waals surface area contributed by atoms with Gasteiger partial charge in [0.2, 0.25) is 0 Å². The molecule has 0 saturated heterocycles. The molecule has 5 nitrogen and oxygen atoms in total. The van der Waals surface area contributed by atoms with Crippen LogP contribution in [0.5, 0.6) is 0 Å².